The molecule has 0 saturated heterocycles. The van der Waals surface area contributed by atoms with Gasteiger partial charge < -0.3 is 8.39 Å². The average molecular weight is 734 g/mol. The Hall–Kier alpha value is -0.895. The predicted molar refractivity (Wildman–Crippen MR) is 108 cm³/mol. The number of fused-ring (bicyclic) bond motifs is 7. The van der Waals surface area contributed by atoms with E-state index in [4.69, 9.17) is 8.39 Å². The quantitative estimate of drug-likeness (QED) is 0.221. The van der Waals surface area contributed by atoms with Crippen LogP contribution >= 0.6 is 8.16 Å². The Balaban J connectivity index is 0.00000112. The molecule has 1 aromatic heterocycles. The van der Waals surface area contributed by atoms with Crippen molar-refractivity contribution in [2.45, 2.75) is 25.7 Å². The van der Waals surface area contributed by atoms with Gasteiger partial charge in [-0.25, -0.2) is 4.67 Å². The predicted octanol–water partition coefficient (Wildman–Crippen LogP) is 6.11. The molecule has 1 aliphatic rings. The number of benzene rings is 3. The summed E-state index contributed by atoms with van der Waals surface area (Å²) in [6.45, 7) is 0. The zero-order chi connectivity index (χ0) is 17.7. The molecule has 0 aliphatic heterocycles. The standard InChI is InChI=1S/C22H20NO2P.2Re/c1-23(2)26-24-19-13-11-15-7-3-5-9-17(15)21(19)22-18-10-6-4-8-16(18)12-14-20(22)25-26;;/h3,5,7,9,11-12H,4,6,8,10H2,1-2H3;;/q-2;;. The largest absolute Gasteiger partial charge is 0.436 e. The molecular weight excluding hydrogens is 714 g/mol. The van der Waals surface area contributed by atoms with Crippen molar-refractivity contribution in [3.63, 3.8) is 0 Å². The van der Waals surface area contributed by atoms with E-state index in [1.54, 1.807) is 0 Å². The summed E-state index contributed by atoms with van der Waals surface area (Å²) in [5, 5.41) is 4.64. The van der Waals surface area contributed by atoms with Crippen molar-refractivity contribution < 1.29 is 49.2 Å². The molecule has 0 N–H and O–H groups in total. The zero-order valence-electron chi connectivity index (χ0n) is 15.8. The van der Waals surface area contributed by atoms with Gasteiger partial charge in [-0.15, -0.1) is 39.7 Å². The van der Waals surface area contributed by atoms with Crippen molar-refractivity contribution in [2.75, 3.05) is 18.8 Å². The molecule has 28 heavy (non-hydrogen) atoms. The third-order valence-electron chi connectivity index (χ3n) is 5.15. The van der Waals surface area contributed by atoms with Crippen molar-refractivity contribution in [3.05, 3.63) is 59.7 Å². The van der Waals surface area contributed by atoms with Gasteiger partial charge in [-0.1, -0.05) is 43.9 Å². The van der Waals surface area contributed by atoms with Crippen LogP contribution in [0.5, 0.6) is 0 Å². The molecule has 1 heterocycles. The summed E-state index contributed by atoms with van der Waals surface area (Å²) >= 11 is 0. The first-order valence-corrected chi connectivity index (χ1v) is 10.2. The molecule has 0 amide bonds. The topological polar surface area (TPSA) is 29.5 Å². The first kappa shape index (κ1) is 21.8. The fraction of sp³-hybridized carbons (Fsp3) is 0.273. The van der Waals surface area contributed by atoms with E-state index >= 15 is 0 Å². The molecule has 0 fully saturated rings. The van der Waals surface area contributed by atoms with Gasteiger partial charge in [-0.3, -0.25) is 0 Å². The Labute approximate surface area is 193 Å². The van der Waals surface area contributed by atoms with Crippen LogP contribution in [0, 0.1) is 12.1 Å². The molecular formula is C22H20NO2PRe2-2. The van der Waals surface area contributed by atoms with Crippen molar-refractivity contribution in [1.82, 2.24) is 0 Å². The maximum atomic E-state index is 6.31. The number of nitrogens with zero attached hydrogens (tertiary/aromatic N) is 1. The van der Waals surface area contributed by atoms with E-state index in [0.717, 1.165) is 34.8 Å². The number of hydrogen-bond acceptors (Lipinski definition) is 3. The van der Waals surface area contributed by atoms with Gasteiger partial charge in [0.1, 0.15) is 0 Å². The van der Waals surface area contributed by atoms with E-state index < -0.39 is 8.16 Å². The van der Waals surface area contributed by atoms with Gasteiger partial charge in [-0.2, -0.15) is 23.3 Å². The Kier molecular flexibility index (Phi) is 6.90. The normalized spacial score (nSPS) is 13.9. The van der Waals surface area contributed by atoms with Crippen molar-refractivity contribution in [3.8, 4) is 0 Å². The summed E-state index contributed by atoms with van der Waals surface area (Å²) in [6.07, 6.45) is 4.66. The molecule has 4 aromatic rings. The maximum absolute atomic E-state index is 6.31. The second kappa shape index (κ2) is 8.85. The average Bonchev–Trinajstić information content (AvgIpc) is 2.85. The smallest absolute Gasteiger partial charge is 0.304 e. The number of hydrogen-bond donors (Lipinski definition) is 0. The van der Waals surface area contributed by atoms with E-state index in [2.05, 4.69) is 42.5 Å². The summed E-state index contributed by atoms with van der Waals surface area (Å²) in [6, 6.07) is 19.4. The van der Waals surface area contributed by atoms with Crippen molar-refractivity contribution in [2.24, 2.45) is 0 Å². The zero-order valence-corrected chi connectivity index (χ0v) is 22.1. The second-order valence-corrected chi connectivity index (χ2v) is 8.69. The minimum Gasteiger partial charge on any atom is -0.436 e. The molecule has 2 radical (unpaired) electrons. The Morgan fingerprint density at radius 2 is 1.57 bits per heavy atom. The summed E-state index contributed by atoms with van der Waals surface area (Å²) in [5.41, 5.74) is 4.40. The molecule has 0 spiro atoms. The van der Waals surface area contributed by atoms with Crippen LogP contribution in [-0.2, 0) is 53.7 Å². The van der Waals surface area contributed by atoms with Crippen LogP contribution in [0.15, 0.2) is 44.8 Å². The van der Waals surface area contributed by atoms with Crippen LogP contribution in [0.4, 0.5) is 0 Å². The van der Waals surface area contributed by atoms with Gasteiger partial charge in [0.05, 0.1) is 0 Å². The first-order chi connectivity index (χ1) is 12.7. The van der Waals surface area contributed by atoms with Gasteiger partial charge >= 0.3 is 8.16 Å². The first-order valence-electron chi connectivity index (χ1n) is 9.06. The molecule has 1 unspecified atom stereocenters. The third kappa shape index (κ3) is 3.66. The van der Waals surface area contributed by atoms with E-state index in [0.29, 0.717) is 0 Å². The minimum absolute atomic E-state index is 0. The maximum Gasteiger partial charge on any atom is 0.304 e. The molecule has 1 atom stereocenters. The third-order valence-corrected chi connectivity index (χ3v) is 6.48. The SMILES string of the molecule is CN(C)p1oc2[c-]cc3c(c2c2c([c-]cc4ccccc42)o1)CCCC3.[Re].[Re]. The van der Waals surface area contributed by atoms with Gasteiger partial charge in [0.2, 0.25) is 0 Å². The van der Waals surface area contributed by atoms with Crippen LogP contribution < -0.4 is 4.67 Å². The van der Waals surface area contributed by atoms with Gasteiger partial charge in [0.15, 0.2) is 0 Å². The molecule has 0 bridgehead atoms. The van der Waals surface area contributed by atoms with E-state index in [1.807, 2.05) is 24.8 Å². The Morgan fingerprint density at radius 1 is 0.893 bits per heavy atom. The summed E-state index contributed by atoms with van der Waals surface area (Å²) in [5.74, 6) is 0. The monoisotopic (exact) mass is 735 g/mol. The van der Waals surface area contributed by atoms with Gasteiger partial charge in [-0.05, 0) is 0 Å². The van der Waals surface area contributed by atoms with Crippen molar-refractivity contribution >= 4 is 40.9 Å². The minimum atomic E-state index is -1.23. The number of rotatable bonds is 1. The van der Waals surface area contributed by atoms with Crippen LogP contribution in [-0.4, -0.2) is 14.1 Å². The summed E-state index contributed by atoms with van der Waals surface area (Å²) < 4.78 is 14.6. The molecule has 0 saturated carbocycles. The van der Waals surface area contributed by atoms with Crippen LogP contribution in [0.25, 0.3) is 32.7 Å². The van der Waals surface area contributed by atoms with E-state index in [9.17, 15) is 0 Å². The van der Waals surface area contributed by atoms with Crippen LogP contribution in [0.3, 0.4) is 0 Å². The molecule has 146 valence electrons. The number of aryl methyl sites for hydroxylation is 2. The Morgan fingerprint density at radius 3 is 2.36 bits per heavy atom. The fourth-order valence-electron chi connectivity index (χ4n) is 3.92. The van der Waals surface area contributed by atoms with Crippen LogP contribution in [0.1, 0.15) is 24.0 Å². The second-order valence-electron chi connectivity index (χ2n) is 7.05. The summed E-state index contributed by atoms with van der Waals surface area (Å²) in [4.78, 5) is 0. The molecule has 3 aromatic carbocycles. The Bertz CT molecular complexity index is 1190. The molecule has 5 rings (SSSR count). The summed E-state index contributed by atoms with van der Waals surface area (Å²) in [7, 11) is 2.74. The van der Waals surface area contributed by atoms with Gasteiger partial charge in [0.25, 0.3) is 0 Å². The van der Waals surface area contributed by atoms with E-state index in [-0.39, 0.29) is 40.8 Å². The van der Waals surface area contributed by atoms with Crippen LogP contribution in [0.2, 0.25) is 0 Å². The van der Waals surface area contributed by atoms with Crippen molar-refractivity contribution in [1.29, 1.82) is 0 Å². The molecule has 6 heteroatoms. The van der Waals surface area contributed by atoms with E-state index in [1.165, 1.54) is 34.7 Å². The fourth-order valence-corrected chi connectivity index (χ4v) is 4.88. The molecule has 3 nitrogen and oxygen atoms in total. The molecule has 1 aliphatic carbocycles. The van der Waals surface area contributed by atoms with Gasteiger partial charge in [0, 0.05) is 66.1 Å².